The molecule has 2 aromatic carbocycles. The second-order valence-electron chi connectivity index (χ2n) is 7.84. The van der Waals surface area contributed by atoms with E-state index in [1.807, 2.05) is 29.3 Å². The van der Waals surface area contributed by atoms with Gasteiger partial charge in [0.2, 0.25) is 0 Å². The lowest BCUT2D eigenvalue weighted by Gasteiger charge is -2.34. The van der Waals surface area contributed by atoms with Gasteiger partial charge in [-0.3, -0.25) is 5.01 Å². The zero-order valence-corrected chi connectivity index (χ0v) is 17.8. The van der Waals surface area contributed by atoms with Crippen LogP contribution in [0, 0.1) is 5.92 Å². The lowest BCUT2D eigenvalue weighted by molar-refractivity contribution is 0.143. The van der Waals surface area contributed by atoms with Gasteiger partial charge < -0.3 is 19.5 Å². The minimum absolute atomic E-state index is 0.0729. The predicted octanol–water partition coefficient (Wildman–Crippen LogP) is 3.05. The fourth-order valence-corrected chi connectivity index (χ4v) is 4.41. The van der Waals surface area contributed by atoms with E-state index >= 15 is 0 Å². The standard InChI is InChI=1S/C24H29N3O3/c1-26-15-19(14-17-4-8-20(29-2)9-5-17)23-22(16-26)24(27(25-23)12-13-28)18-6-10-21(30-3)11-7-18/h4-11,14,22,24,28H,12-13,15-16H2,1-3H3/b19-14+. The number of methoxy groups -OCH3 is 2. The number of ether oxygens (including phenoxy) is 2. The van der Waals surface area contributed by atoms with Crippen LogP contribution in [0.25, 0.3) is 6.08 Å². The number of fused-ring (bicyclic) bond motifs is 1. The number of aliphatic hydroxyl groups excluding tert-OH is 1. The van der Waals surface area contributed by atoms with Gasteiger partial charge in [-0.15, -0.1) is 0 Å². The van der Waals surface area contributed by atoms with Crippen LogP contribution < -0.4 is 9.47 Å². The largest absolute Gasteiger partial charge is 0.497 e. The zero-order valence-electron chi connectivity index (χ0n) is 17.8. The Hall–Kier alpha value is -2.83. The molecule has 0 radical (unpaired) electrons. The highest BCUT2D eigenvalue weighted by Crippen LogP contribution is 2.40. The average Bonchev–Trinajstić information content (AvgIpc) is 3.12. The van der Waals surface area contributed by atoms with Crippen molar-refractivity contribution in [2.45, 2.75) is 6.04 Å². The van der Waals surface area contributed by atoms with Crippen molar-refractivity contribution in [2.75, 3.05) is 47.5 Å². The van der Waals surface area contributed by atoms with Gasteiger partial charge in [0.05, 0.1) is 39.1 Å². The van der Waals surface area contributed by atoms with E-state index in [4.69, 9.17) is 14.6 Å². The third-order valence-electron chi connectivity index (χ3n) is 5.81. The van der Waals surface area contributed by atoms with E-state index in [9.17, 15) is 5.11 Å². The van der Waals surface area contributed by atoms with Crippen LogP contribution in [0.3, 0.4) is 0 Å². The van der Waals surface area contributed by atoms with E-state index in [2.05, 4.69) is 42.3 Å². The van der Waals surface area contributed by atoms with Crippen LogP contribution in [0.15, 0.2) is 59.2 Å². The molecule has 2 atom stereocenters. The SMILES string of the molecule is COc1ccc(/C=C2\CN(C)CC3C2=NN(CCO)C3c2ccc(OC)cc2)cc1. The number of hydrazone groups is 1. The van der Waals surface area contributed by atoms with Gasteiger partial charge in [-0.2, -0.15) is 5.10 Å². The van der Waals surface area contributed by atoms with Gasteiger partial charge in [0.1, 0.15) is 11.5 Å². The molecule has 6 nitrogen and oxygen atoms in total. The summed E-state index contributed by atoms with van der Waals surface area (Å²) in [7, 11) is 5.51. The first-order chi connectivity index (χ1) is 14.6. The van der Waals surface area contributed by atoms with E-state index in [-0.39, 0.29) is 18.6 Å². The van der Waals surface area contributed by atoms with E-state index in [1.54, 1.807) is 14.2 Å². The van der Waals surface area contributed by atoms with E-state index in [0.717, 1.165) is 35.9 Å². The third kappa shape index (κ3) is 4.06. The second-order valence-corrected chi connectivity index (χ2v) is 7.84. The minimum atomic E-state index is 0.0729. The summed E-state index contributed by atoms with van der Waals surface area (Å²) < 4.78 is 10.6. The molecule has 1 fully saturated rings. The highest BCUT2D eigenvalue weighted by molar-refractivity contribution is 6.07. The molecule has 2 unspecified atom stereocenters. The Morgan fingerprint density at radius 1 is 1.03 bits per heavy atom. The summed E-state index contributed by atoms with van der Waals surface area (Å²) in [6, 6.07) is 16.4. The molecule has 0 amide bonds. The van der Waals surface area contributed by atoms with Gasteiger partial charge in [-0.25, -0.2) is 0 Å². The molecule has 2 aromatic rings. The van der Waals surface area contributed by atoms with Gasteiger partial charge in [0, 0.05) is 19.0 Å². The maximum atomic E-state index is 9.64. The Labute approximate surface area is 178 Å². The van der Waals surface area contributed by atoms with Crippen molar-refractivity contribution in [1.82, 2.24) is 9.91 Å². The summed E-state index contributed by atoms with van der Waals surface area (Å²) in [4.78, 5) is 2.35. The van der Waals surface area contributed by atoms with Crippen LogP contribution in [0.5, 0.6) is 11.5 Å². The van der Waals surface area contributed by atoms with Crippen LogP contribution in [-0.4, -0.2) is 68.2 Å². The number of hydrogen-bond acceptors (Lipinski definition) is 6. The molecule has 158 valence electrons. The van der Waals surface area contributed by atoms with Crippen molar-refractivity contribution in [3.8, 4) is 11.5 Å². The first-order valence-electron chi connectivity index (χ1n) is 10.3. The van der Waals surface area contributed by atoms with Crippen LogP contribution >= 0.6 is 0 Å². The molecule has 2 heterocycles. The summed E-state index contributed by atoms with van der Waals surface area (Å²) in [5.74, 6) is 1.93. The van der Waals surface area contributed by atoms with E-state index in [1.165, 1.54) is 11.1 Å². The summed E-state index contributed by atoms with van der Waals surface area (Å²) in [5, 5.41) is 16.7. The Balaban J connectivity index is 1.68. The number of benzene rings is 2. The van der Waals surface area contributed by atoms with Gasteiger partial charge >= 0.3 is 0 Å². The van der Waals surface area contributed by atoms with Gasteiger partial charge in [0.25, 0.3) is 0 Å². The van der Waals surface area contributed by atoms with Crippen molar-refractivity contribution in [3.63, 3.8) is 0 Å². The Kier molecular flexibility index (Phi) is 6.06. The molecule has 0 spiro atoms. The fraction of sp³-hybridized carbons (Fsp3) is 0.375. The van der Waals surface area contributed by atoms with E-state index < -0.39 is 0 Å². The molecule has 30 heavy (non-hydrogen) atoms. The monoisotopic (exact) mass is 407 g/mol. The number of likely N-dealkylation sites (N-methyl/N-ethyl adjacent to an activating group) is 1. The van der Waals surface area contributed by atoms with Crippen LogP contribution in [0.2, 0.25) is 0 Å². The molecule has 0 aromatic heterocycles. The number of aliphatic hydroxyl groups is 1. The zero-order chi connectivity index (χ0) is 21.1. The molecule has 0 aliphatic carbocycles. The Morgan fingerprint density at radius 2 is 1.67 bits per heavy atom. The van der Waals surface area contributed by atoms with Crippen LogP contribution in [0.1, 0.15) is 17.2 Å². The van der Waals surface area contributed by atoms with Gasteiger partial charge in [0.15, 0.2) is 0 Å². The number of likely N-dealkylation sites (tertiary alicyclic amines) is 1. The molecule has 6 heteroatoms. The van der Waals surface area contributed by atoms with Crippen LogP contribution in [-0.2, 0) is 0 Å². The molecule has 2 aliphatic heterocycles. The number of rotatable bonds is 6. The fourth-order valence-electron chi connectivity index (χ4n) is 4.41. The van der Waals surface area contributed by atoms with Crippen molar-refractivity contribution in [2.24, 2.45) is 11.0 Å². The van der Waals surface area contributed by atoms with Crippen molar-refractivity contribution in [1.29, 1.82) is 0 Å². The molecule has 2 aliphatic rings. The first-order valence-corrected chi connectivity index (χ1v) is 10.3. The lowest BCUT2D eigenvalue weighted by atomic mass is 9.83. The predicted molar refractivity (Wildman–Crippen MR) is 119 cm³/mol. The second kappa shape index (κ2) is 8.90. The van der Waals surface area contributed by atoms with Gasteiger partial charge in [-0.05, 0) is 54.1 Å². The number of nitrogens with zero attached hydrogens (tertiary/aromatic N) is 3. The molecule has 1 saturated heterocycles. The highest BCUT2D eigenvalue weighted by atomic mass is 16.5. The summed E-state index contributed by atoms with van der Waals surface area (Å²) in [6.45, 7) is 2.36. The summed E-state index contributed by atoms with van der Waals surface area (Å²) >= 11 is 0. The number of piperidine rings is 1. The first kappa shape index (κ1) is 20.4. The molecular weight excluding hydrogens is 378 g/mol. The normalized spacial score (nSPS) is 22.7. The molecule has 1 N–H and O–H groups in total. The molecule has 4 rings (SSSR count). The molecule has 0 saturated carbocycles. The summed E-state index contributed by atoms with van der Waals surface area (Å²) in [6.07, 6.45) is 2.22. The Morgan fingerprint density at radius 3 is 2.27 bits per heavy atom. The summed E-state index contributed by atoms with van der Waals surface area (Å²) in [5.41, 5.74) is 4.66. The van der Waals surface area contributed by atoms with E-state index in [0.29, 0.717) is 6.54 Å². The molecular formula is C24H29N3O3. The van der Waals surface area contributed by atoms with Crippen molar-refractivity contribution >= 4 is 11.8 Å². The van der Waals surface area contributed by atoms with Gasteiger partial charge in [-0.1, -0.05) is 24.3 Å². The maximum absolute atomic E-state index is 9.64. The number of β-amino-alcohol motifs (C(OH)–C–C–N with tert-alkyl or cyclic N) is 1. The topological polar surface area (TPSA) is 57.5 Å². The highest BCUT2D eigenvalue weighted by Gasteiger charge is 2.42. The number of hydrogen-bond donors (Lipinski definition) is 1. The Bertz CT molecular complexity index is 922. The van der Waals surface area contributed by atoms with Crippen molar-refractivity contribution in [3.05, 3.63) is 65.2 Å². The third-order valence-corrected chi connectivity index (χ3v) is 5.81. The smallest absolute Gasteiger partial charge is 0.118 e. The minimum Gasteiger partial charge on any atom is -0.497 e. The quantitative estimate of drug-likeness (QED) is 0.798. The van der Waals surface area contributed by atoms with Crippen molar-refractivity contribution < 1.29 is 14.6 Å². The average molecular weight is 408 g/mol. The van der Waals surface area contributed by atoms with Crippen LogP contribution in [0.4, 0.5) is 0 Å². The lowest BCUT2D eigenvalue weighted by Crippen LogP contribution is -2.42. The molecule has 0 bridgehead atoms. The maximum Gasteiger partial charge on any atom is 0.118 e.